The zero-order valence-corrected chi connectivity index (χ0v) is 20.3. The Morgan fingerprint density at radius 3 is 1.44 bits per heavy atom. The zero-order valence-electron chi connectivity index (χ0n) is 20.3. The number of aromatic nitrogens is 2. The van der Waals surface area contributed by atoms with Crippen LogP contribution in [-0.4, -0.2) is 133 Å². The highest BCUT2D eigenvalue weighted by atomic mass is 16.5. The smallest absolute Gasteiger partial charge is 0.476 e. The Morgan fingerprint density at radius 2 is 1.08 bits per heavy atom. The van der Waals surface area contributed by atoms with E-state index in [0.29, 0.717) is 35.9 Å². The van der Waals surface area contributed by atoms with Crippen LogP contribution < -0.4 is 20.4 Å². The van der Waals surface area contributed by atoms with Gasteiger partial charge in [0.05, 0.1) is 26.4 Å². The van der Waals surface area contributed by atoms with Gasteiger partial charge in [-0.3, -0.25) is 9.80 Å². The molecule has 0 spiro atoms. The Bertz CT molecular complexity index is 815. The molecule has 0 bridgehead atoms. The Morgan fingerprint density at radius 1 is 0.694 bits per heavy atom. The predicted octanol–water partition coefficient (Wildman–Crippen LogP) is -3.06. The zero-order chi connectivity index (χ0) is 25.6. The first-order chi connectivity index (χ1) is 17.5. The summed E-state index contributed by atoms with van der Waals surface area (Å²) in [6.07, 6.45) is 3.00. The Labute approximate surface area is 211 Å². The lowest BCUT2D eigenvalue weighted by Gasteiger charge is -2.26. The lowest BCUT2D eigenvalue weighted by atomic mass is 9.81. The predicted molar refractivity (Wildman–Crippen MR) is 134 cm³/mol. The number of ether oxygens (including phenoxy) is 4. The molecular formula is C22H34B2N4O8. The fourth-order valence-corrected chi connectivity index (χ4v) is 3.54. The molecular weight excluding hydrogens is 470 g/mol. The van der Waals surface area contributed by atoms with Crippen molar-refractivity contribution >= 4 is 25.2 Å². The first-order valence-electron chi connectivity index (χ1n) is 12.0. The van der Waals surface area contributed by atoms with Gasteiger partial charge >= 0.3 is 14.2 Å². The van der Waals surface area contributed by atoms with Crippen molar-refractivity contribution in [2.45, 2.75) is 0 Å². The van der Waals surface area contributed by atoms with Crippen molar-refractivity contribution < 1.29 is 39.0 Å². The van der Waals surface area contributed by atoms with Crippen molar-refractivity contribution in [3.63, 3.8) is 0 Å². The molecule has 0 aliphatic carbocycles. The molecule has 2 aromatic rings. The molecule has 36 heavy (non-hydrogen) atoms. The van der Waals surface area contributed by atoms with Crippen molar-refractivity contribution in [2.24, 2.45) is 0 Å². The quantitative estimate of drug-likeness (QED) is 0.244. The minimum atomic E-state index is -1.49. The maximum absolute atomic E-state index is 9.03. The summed E-state index contributed by atoms with van der Waals surface area (Å²) in [5.41, 5.74) is 0.762. The minimum absolute atomic E-state index is 0.381. The maximum atomic E-state index is 9.03. The molecule has 0 saturated carbocycles. The van der Waals surface area contributed by atoms with E-state index in [1.165, 1.54) is 24.5 Å². The molecule has 2 fully saturated rings. The van der Waals surface area contributed by atoms with E-state index in [4.69, 9.17) is 39.0 Å². The van der Waals surface area contributed by atoms with Gasteiger partial charge in [0, 0.05) is 63.8 Å². The van der Waals surface area contributed by atoms with Gasteiger partial charge in [0.15, 0.2) is 0 Å². The Kier molecular flexibility index (Phi) is 12.4. The fraction of sp³-hybridized carbons (Fsp3) is 0.545. The first kappa shape index (κ1) is 28.3. The number of pyridine rings is 2. The van der Waals surface area contributed by atoms with Crippen LogP contribution >= 0.6 is 0 Å². The van der Waals surface area contributed by atoms with Gasteiger partial charge in [-0.25, -0.2) is 9.97 Å². The highest BCUT2D eigenvalue weighted by Gasteiger charge is 2.14. The summed E-state index contributed by atoms with van der Waals surface area (Å²) in [7, 11) is -2.98. The van der Waals surface area contributed by atoms with Gasteiger partial charge in [-0.15, -0.1) is 0 Å². The van der Waals surface area contributed by atoms with Crippen LogP contribution in [0.25, 0.3) is 0 Å². The van der Waals surface area contributed by atoms with Crippen molar-refractivity contribution in [2.75, 3.05) is 78.9 Å². The molecule has 4 rings (SSSR count). The average Bonchev–Trinajstić information content (AvgIpc) is 2.91. The third kappa shape index (κ3) is 10.4. The fourth-order valence-electron chi connectivity index (χ4n) is 3.54. The molecule has 0 radical (unpaired) electrons. The largest absolute Gasteiger partial charge is 0.488 e. The van der Waals surface area contributed by atoms with Crippen molar-refractivity contribution in [1.82, 2.24) is 19.8 Å². The van der Waals surface area contributed by atoms with Gasteiger partial charge in [0.1, 0.15) is 13.2 Å². The molecule has 0 unspecified atom stereocenters. The number of rotatable bonds is 10. The van der Waals surface area contributed by atoms with Crippen LogP contribution in [-0.2, 0) is 9.47 Å². The van der Waals surface area contributed by atoms with E-state index in [-0.39, 0.29) is 0 Å². The lowest BCUT2D eigenvalue weighted by Crippen LogP contribution is -2.38. The van der Waals surface area contributed by atoms with Crippen molar-refractivity contribution in [3.05, 3.63) is 36.7 Å². The third-order valence-corrected chi connectivity index (χ3v) is 5.64. The second-order valence-corrected chi connectivity index (χ2v) is 8.21. The van der Waals surface area contributed by atoms with Crippen LogP contribution in [0.3, 0.4) is 0 Å². The second-order valence-electron chi connectivity index (χ2n) is 8.21. The van der Waals surface area contributed by atoms with E-state index in [0.717, 1.165) is 65.7 Å². The molecule has 14 heteroatoms. The van der Waals surface area contributed by atoms with Crippen LogP contribution in [0.4, 0.5) is 0 Å². The van der Waals surface area contributed by atoms with Gasteiger partial charge in [-0.05, 0) is 23.1 Å². The van der Waals surface area contributed by atoms with Gasteiger partial charge in [0.25, 0.3) is 0 Å². The molecule has 2 aliphatic heterocycles. The molecule has 2 aromatic heterocycles. The van der Waals surface area contributed by atoms with E-state index in [2.05, 4.69) is 19.8 Å². The highest BCUT2D eigenvalue weighted by molar-refractivity contribution is 6.58. The number of hydrogen-bond acceptors (Lipinski definition) is 12. The van der Waals surface area contributed by atoms with Gasteiger partial charge < -0.3 is 39.0 Å². The van der Waals surface area contributed by atoms with Gasteiger partial charge in [-0.2, -0.15) is 0 Å². The summed E-state index contributed by atoms with van der Waals surface area (Å²) >= 11 is 0. The summed E-state index contributed by atoms with van der Waals surface area (Å²) in [6.45, 7) is 9.45. The number of hydrogen-bond donors (Lipinski definition) is 4. The molecule has 0 aromatic carbocycles. The lowest BCUT2D eigenvalue weighted by molar-refractivity contribution is 0.0319. The highest BCUT2D eigenvalue weighted by Crippen LogP contribution is 2.04. The maximum Gasteiger partial charge on any atom is 0.488 e. The first-order valence-corrected chi connectivity index (χ1v) is 12.0. The number of nitrogens with zero attached hydrogens (tertiary/aromatic N) is 4. The molecule has 2 saturated heterocycles. The van der Waals surface area contributed by atoms with E-state index >= 15 is 0 Å². The monoisotopic (exact) mass is 504 g/mol. The van der Waals surface area contributed by atoms with E-state index in [1.54, 1.807) is 12.1 Å². The SMILES string of the molecule is OB(O)c1ccnc(OCCN2CCOCC2)c1.OB(O)c1ccnc(OCCN2CCOCC2)c1. The van der Waals surface area contributed by atoms with E-state index in [1.807, 2.05) is 0 Å². The molecule has 2 aliphatic rings. The van der Waals surface area contributed by atoms with Crippen LogP contribution in [0.15, 0.2) is 36.7 Å². The molecule has 0 amide bonds. The Hall–Kier alpha value is -2.29. The number of morpholine rings is 2. The summed E-state index contributed by atoms with van der Waals surface area (Å²) < 4.78 is 21.5. The van der Waals surface area contributed by atoms with Gasteiger partial charge in [0.2, 0.25) is 11.8 Å². The van der Waals surface area contributed by atoms with Gasteiger partial charge in [-0.1, -0.05) is 0 Å². The summed E-state index contributed by atoms with van der Waals surface area (Å²) in [5, 5.41) is 36.1. The minimum Gasteiger partial charge on any atom is -0.476 e. The average molecular weight is 504 g/mol. The standard InChI is InChI=1S/2C11H17BN2O4/c2*15-12(16)10-1-2-13-11(9-10)18-8-5-14-3-6-17-7-4-14/h2*1-2,9,15-16H,3-8H2. The van der Waals surface area contributed by atoms with Crippen LogP contribution in [0.5, 0.6) is 11.8 Å². The molecule has 4 N–H and O–H groups in total. The Balaban J connectivity index is 0.000000201. The van der Waals surface area contributed by atoms with Crippen LogP contribution in [0, 0.1) is 0 Å². The summed E-state index contributed by atoms with van der Waals surface area (Å²) in [5.74, 6) is 0.822. The molecule has 12 nitrogen and oxygen atoms in total. The summed E-state index contributed by atoms with van der Waals surface area (Å²) in [4.78, 5) is 12.5. The van der Waals surface area contributed by atoms with Crippen molar-refractivity contribution in [3.8, 4) is 11.8 Å². The normalized spacial score (nSPS) is 16.6. The molecule has 0 atom stereocenters. The van der Waals surface area contributed by atoms with Crippen LogP contribution in [0.1, 0.15) is 0 Å². The van der Waals surface area contributed by atoms with E-state index < -0.39 is 14.2 Å². The summed E-state index contributed by atoms with van der Waals surface area (Å²) in [6, 6.07) is 6.15. The van der Waals surface area contributed by atoms with Crippen LogP contribution in [0.2, 0.25) is 0 Å². The molecule has 196 valence electrons. The molecule has 4 heterocycles. The van der Waals surface area contributed by atoms with Crippen molar-refractivity contribution in [1.29, 1.82) is 0 Å². The topological polar surface area (TPSA) is 150 Å². The third-order valence-electron chi connectivity index (χ3n) is 5.64. The second kappa shape index (κ2) is 15.7. The van der Waals surface area contributed by atoms with E-state index in [9.17, 15) is 0 Å².